The lowest BCUT2D eigenvalue weighted by Crippen LogP contribution is -2.57. The number of aromatic nitrogens is 2. The van der Waals surface area contributed by atoms with Crippen LogP contribution in [-0.2, 0) is 4.79 Å². The number of hydrogen-bond acceptors (Lipinski definition) is 6. The average Bonchev–Trinajstić information content (AvgIpc) is 3.10. The van der Waals surface area contributed by atoms with Crippen LogP contribution in [0.3, 0.4) is 0 Å². The van der Waals surface area contributed by atoms with Crippen molar-refractivity contribution in [3.8, 4) is 0 Å². The number of carbonyl (C=O) groups excluding carboxylic acids is 1. The molecule has 0 radical (unpaired) electrons. The normalized spacial score (nSPS) is 19.9. The number of carbonyl (C=O) groups is 1. The molecule has 144 valence electrons. The van der Waals surface area contributed by atoms with Crippen molar-refractivity contribution in [1.29, 1.82) is 0 Å². The van der Waals surface area contributed by atoms with Gasteiger partial charge in [-0.2, -0.15) is 0 Å². The molecule has 2 aromatic heterocycles. The van der Waals surface area contributed by atoms with Crippen LogP contribution in [0.2, 0.25) is 0 Å². The SMILES string of the molecule is CC(C)C(C)(CN)NC(=O)C1CCCN(c2ncnc3sccc23)C1.Cl. The Bertz CT molecular complexity index is 752. The zero-order valence-corrected chi connectivity index (χ0v) is 17.2. The number of rotatable bonds is 5. The molecule has 1 amide bonds. The third kappa shape index (κ3) is 4.10. The maximum atomic E-state index is 12.8. The summed E-state index contributed by atoms with van der Waals surface area (Å²) in [6.45, 7) is 8.25. The predicted molar refractivity (Wildman–Crippen MR) is 110 cm³/mol. The predicted octanol–water partition coefficient (Wildman–Crippen LogP) is 2.82. The molecule has 3 heterocycles. The summed E-state index contributed by atoms with van der Waals surface area (Å²) in [6, 6.07) is 2.06. The van der Waals surface area contributed by atoms with Crippen LogP contribution in [0, 0.1) is 11.8 Å². The van der Waals surface area contributed by atoms with Gasteiger partial charge in [-0.1, -0.05) is 13.8 Å². The minimum atomic E-state index is -0.366. The summed E-state index contributed by atoms with van der Waals surface area (Å²) < 4.78 is 0. The second kappa shape index (κ2) is 8.50. The molecule has 3 rings (SSSR count). The highest BCUT2D eigenvalue weighted by Crippen LogP contribution is 2.30. The van der Waals surface area contributed by atoms with Crippen molar-refractivity contribution in [3.05, 3.63) is 17.8 Å². The Labute approximate surface area is 165 Å². The molecular weight excluding hydrogens is 370 g/mol. The van der Waals surface area contributed by atoms with Crippen molar-refractivity contribution in [1.82, 2.24) is 15.3 Å². The number of amides is 1. The Balaban J connectivity index is 0.00000243. The number of hydrogen-bond donors (Lipinski definition) is 2. The quantitative estimate of drug-likeness (QED) is 0.810. The second-order valence-electron chi connectivity index (χ2n) is 7.39. The van der Waals surface area contributed by atoms with Crippen LogP contribution in [0.4, 0.5) is 5.82 Å². The van der Waals surface area contributed by atoms with Gasteiger partial charge in [-0.15, -0.1) is 23.7 Å². The van der Waals surface area contributed by atoms with Gasteiger partial charge in [0.05, 0.1) is 16.8 Å². The summed E-state index contributed by atoms with van der Waals surface area (Å²) in [4.78, 5) is 24.9. The molecule has 0 aromatic carbocycles. The van der Waals surface area contributed by atoms with Crippen LogP contribution in [0.5, 0.6) is 0 Å². The van der Waals surface area contributed by atoms with E-state index < -0.39 is 0 Å². The fourth-order valence-corrected chi connectivity index (χ4v) is 3.95. The van der Waals surface area contributed by atoms with E-state index >= 15 is 0 Å². The number of piperidine rings is 1. The summed E-state index contributed by atoms with van der Waals surface area (Å²) in [5.41, 5.74) is 5.55. The molecule has 0 aliphatic carbocycles. The van der Waals surface area contributed by atoms with Crippen molar-refractivity contribution in [2.75, 3.05) is 24.5 Å². The molecule has 2 aromatic rings. The lowest BCUT2D eigenvalue weighted by atomic mass is 9.87. The molecule has 6 nitrogen and oxygen atoms in total. The van der Waals surface area contributed by atoms with E-state index in [1.807, 2.05) is 12.3 Å². The molecule has 1 saturated heterocycles. The molecule has 26 heavy (non-hydrogen) atoms. The summed E-state index contributed by atoms with van der Waals surface area (Å²) in [5.74, 6) is 1.28. The zero-order valence-electron chi connectivity index (χ0n) is 15.6. The van der Waals surface area contributed by atoms with Gasteiger partial charge < -0.3 is 16.0 Å². The highest BCUT2D eigenvalue weighted by molar-refractivity contribution is 7.16. The van der Waals surface area contributed by atoms with E-state index in [-0.39, 0.29) is 35.7 Å². The number of thiophene rings is 1. The molecule has 0 saturated carbocycles. The first kappa shape index (κ1) is 20.9. The number of fused-ring (bicyclic) bond motifs is 1. The van der Waals surface area contributed by atoms with Gasteiger partial charge in [0.1, 0.15) is 17.0 Å². The Kier molecular flexibility index (Phi) is 6.82. The Morgan fingerprint density at radius 3 is 2.96 bits per heavy atom. The number of nitrogens with zero attached hydrogens (tertiary/aromatic N) is 3. The van der Waals surface area contributed by atoms with E-state index in [9.17, 15) is 4.79 Å². The number of nitrogens with one attached hydrogen (secondary N) is 1. The summed E-state index contributed by atoms with van der Waals surface area (Å²) in [5, 5.41) is 6.30. The van der Waals surface area contributed by atoms with Gasteiger partial charge in [-0.05, 0) is 37.1 Å². The van der Waals surface area contributed by atoms with Crippen molar-refractivity contribution < 1.29 is 4.79 Å². The molecule has 2 unspecified atom stereocenters. The Morgan fingerprint density at radius 1 is 1.50 bits per heavy atom. The van der Waals surface area contributed by atoms with Gasteiger partial charge in [0.15, 0.2) is 0 Å². The lowest BCUT2D eigenvalue weighted by Gasteiger charge is -2.38. The molecule has 0 bridgehead atoms. The molecule has 1 aliphatic rings. The fourth-order valence-electron chi connectivity index (χ4n) is 3.23. The maximum absolute atomic E-state index is 12.8. The van der Waals surface area contributed by atoms with Crippen LogP contribution in [0.1, 0.15) is 33.6 Å². The monoisotopic (exact) mass is 397 g/mol. The molecule has 2 atom stereocenters. The molecule has 3 N–H and O–H groups in total. The van der Waals surface area contributed by atoms with E-state index in [4.69, 9.17) is 5.73 Å². The van der Waals surface area contributed by atoms with Crippen molar-refractivity contribution in [2.45, 2.75) is 39.2 Å². The van der Waals surface area contributed by atoms with Gasteiger partial charge in [-0.3, -0.25) is 4.79 Å². The third-order valence-corrected chi connectivity index (χ3v) is 6.26. The third-order valence-electron chi connectivity index (χ3n) is 5.44. The first-order chi connectivity index (χ1) is 11.9. The minimum Gasteiger partial charge on any atom is -0.355 e. The van der Waals surface area contributed by atoms with Crippen molar-refractivity contribution in [3.63, 3.8) is 0 Å². The van der Waals surface area contributed by atoms with Crippen molar-refractivity contribution in [2.24, 2.45) is 17.6 Å². The lowest BCUT2D eigenvalue weighted by molar-refractivity contribution is -0.127. The fraction of sp³-hybridized carbons (Fsp3) is 0.611. The topological polar surface area (TPSA) is 84.1 Å². The molecular formula is C18H28ClN5OS. The summed E-state index contributed by atoms with van der Waals surface area (Å²) in [6.07, 6.45) is 3.50. The molecule has 1 fully saturated rings. The van der Waals surface area contributed by atoms with Crippen LogP contribution < -0.4 is 16.0 Å². The number of nitrogens with two attached hydrogens (primary N) is 1. The highest BCUT2D eigenvalue weighted by atomic mass is 35.5. The first-order valence-corrected chi connectivity index (χ1v) is 9.78. The molecule has 1 aliphatic heterocycles. The van der Waals surface area contributed by atoms with Gasteiger partial charge in [0, 0.05) is 19.6 Å². The van der Waals surface area contributed by atoms with Crippen LogP contribution in [0.15, 0.2) is 17.8 Å². The maximum Gasteiger partial charge on any atom is 0.225 e. The van der Waals surface area contributed by atoms with E-state index in [0.29, 0.717) is 13.1 Å². The standard InChI is InChI=1S/C18H27N5OS.ClH/c1-12(2)18(3,10-19)22-16(24)13-5-4-7-23(9-13)15-14-6-8-25-17(14)21-11-20-15;/h6,8,11-13H,4-5,7,9-10,19H2,1-3H3,(H,22,24);1H. The number of anilines is 1. The minimum absolute atomic E-state index is 0. The van der Waals surface area contributed by atoms with Crippen LogP contribution in [0.25, 0.3) is 10.2 Å². The van der Waals surface area contributed by atoms with E-state index in [1.165, 1.54) is 0 Å². The van der Waals surface area contributed by atoms with Gasteiger partial charge >= 0.3 is 0 Å². The van der Waals surface area contributed by atoms with Gasteiger partial charge in [0.25, 0.3) is 0 Å². The second-order valence-corrected chi connectivity index (χ2v) is 8.28. The van der Waals surface area contributed by atoms with Gasteiger partial charge in [-0.25, -0.2) is 9.97 Å². The zero-order chi connectivity index (χ0) is 18.0. The largest absolute Gasteiger partial charge is 0.355 e. The number of halogens is 1. The molecule has 0 spiro atoms. The van der Waals surface area contributed by atoms with E-state index in [1.54, 1.807) is 17.7 Å². The van der Waals surface area contributed by atoms with E-state index in [0.717, 1.165) is 35.4 Å². The first-order valence-electron chi connectivity index (χ1n) is 8.90. The average molecular weight is 398 g/mol. The summed E-state index contributed by atoms with van der Waals surface area (Å²) in [7, 11) is 0. The Hall–Kier alpha value is -1.44. The summed E-state index contributed by atoms with van der Waals surface area (Å²) >= 11 is 1.62. The van der Waals surface area contributed by atoms with Gasteiger partial charge in [0.2, 0.25) is 5.91 Å². The molecule has 8 heteroatoms. The van der Waals surface area contributed by atoms with Crippen LogP contribution >= 0.6 is 23.7 Å². The van der Waals surface area contributed by atoms with Crippen LogP contribution in [-0.4, -0.2) is 41.0 Å². The highest BCUT2D eigenvalue weighted by Gasteiger charge is 2.33. The Morgan fingerprint density at radius 2 is 2.27 bits per heavy atom. The van der Waals surface area contributed by atoms with E-state index in [2.05, 4.69) is 40.1 Å². The van der Waals surface area contributed by atoms with Crippen molar-refractivity contribution >= 4 is 45.7 Å². The smallest absolute Gasteiger partial charge is 0.225 e.